The van der Waals surface area contributed by atoms with Gasteiger partial charge in [0.15, 0.2) is 0 Å². The topological polar surface area (TPSA) is 57.5 Å². The molecule has 0 saturated heterocycles. The van der Waals surface area contributed by atoms with Gasteiger partial charge < -0.3 is 9.79 Å². The molecule has 0 heterocycles. The van der Waals surface area contributed by atoms with E-state index in [4.69, 9.17) is 9.79 Å². The van der Waals surface area contributed by atoms with Crippen LogP contribution in [0.25, 0.3) is 0 Å². The zero-order chi connectivity index (χ0) is 10.4. The van der Waals surface area contributed by atoms with E-state index < -0.39 is 7.60 Å². The molecule has 1 aliphatic carbocycles. The van der Waals surface area contributed by atoms with Crippen molar-refractivity contribution in [2.45, 2.75) is 51.4 Å². The monoisotopic (exact) mass is 220 g/mol. The predicted octanol–water partition coefficient (Wildman–Crippen LogP) is 2.91. The summed E-state index contributed by atoms with van der Waals surface area (Å²) in [6.07, 6.45) is 9.63. The molecule has 0 atom stereocenters. The number of hydrogen-bond donors (Lipinski definition) is 2. The lowest BCUT2D eigenvalue weighted by molar-refractivity contribution is 0.328. The molecule has 1 saturated carbocycles. The van der Waals surface area contributed by atoms with Gasteiger partial charge in [0.05, 0.1) is 0 Å². The Morgan fingerprint density at radius 3 is 2.29 bits per heavy atom. The maximum Gasteiger partial charge on any atom is 0.325 e. The zero-order valence-corrected chi connectivity index (χ0v) is 9.59. The molecule has 0 amide bonds. The molecule has 0 unspecified atom stereocenters. The van der Waals surface area contributed by atoms with Crippen LogP contribution in [0.15, 0.2) is 0 Å². The van der Waals surface area contributed by atoms with Gasteiger partial charge in [0.1, 0.15) is 0 Å². The minimum Gasteiger partial charge on any atom is -0.324 e. The van der Waals surface area contributed by atoms with Gasteiger partial charge in [-0.2, -0.15) is 0 Å². The fourth-order valence-electron chi connectivity index (χ4n) is 2.23. The Labute approximate surface area is 86.1 Å². The average Bonchev–Trinajstić information content (AvgIpc) is 2.13. The van der Waals surface area contributed by atoms with Gasteiger partial charge in [0.25, 0.3) is 0 Å². The first-order valence-corrected chi connectivity index (χ1v) is 7.42. The average molecular weight is 220 g/mol. The summed E-state index contributed by atoms with van der Waals surface area (Å²) < 4.78 is 10.6. The van der Waals surface area contributed by atoms with Crippen molar-refractivity contribution in [1.29, 1.82) is 0 Å². The second-order valence-corrected chi connectivity index (χ2v) is 6.16. The standard InChI is InChI=1S/C10H21O3P/c11-14(12,13)9-5-4-8-10-6-2-1-3-7-10/h10H,1-9H2,(H2,11,12,13). The molecule has 0 aromatic rings. The summed E-state index contributed by atoms with van der Waals surface area (Å²) >= 11 is 0. The van der Waals surface area contributed by atoms with E-state index >= 15 is 0 Å². The number of hydrogen-bond acceptors (Lipinski definition) is 1. The second kappa shape index (κ2) is 5.89. The Morgan fingerprint density at radius 2 is 1.71 bits per heavy atom. The quantitative estimate of drug-likeness (QED) is 0.553. The van der Waals surface area contributed by atoms with Crippen molar-refractivity contribution in [3.05, 3.63) is 0 Å². The van der Waals surface area contributed by atoms with Crippen LogP contribution in [0.5, 0.6) is 0 Å². The van der Waals surface area contributed by atoms with E-state index in [1.165, 1.54) is 38.5 Å². The van der Waals surface area contributed by atoms with Crippen LogP contribution in [0.3, 0.4) is 0 Å². The third-order valence-corrected chi connectivity index (χ3v) is 3.94. The van der Waals surface area contributed by atoms with Crippen LogP contribution in [-0.2, 0) is 4.57 Å². The maximum atomic E-state index is 10.6. The van der Waals surface area contributed by atoms with Crippen molar-refractivity contribution in [3.8, 4) is 0 Å². The molecule has 14 heavy (non-hydrogen) atoms. The van der Waals surface area contributed by atoms with E-state index in [0.717, 1.165) is 12.3 Å². The van der Waals surface area contributed by atoms with Crippen molar-refractivity contribution < 1.29 is 14.4 Å². The summed E-state index contributed by atoms with van der Waals surface area (Å²) in [6, 6.07) is 0. The van der Waals surface area contributed by atoms with Gasteiger partial charge in [-0.25, -0.2) is 0 Å². The largest absolute Gasteiger partial charge is 0.325 e. The molecule has 0 aromatic heterocycles. The van der Waals surface area contributed by atoms with E-state index in [-0.39, 0.29) is 6.16 Å². The second-order valence-electron chi connectivity index (χ2n) is 4.39. The SMILES string of the molecule is O=P(O)(O)CCCCC1CCCCC1. The lowest BCUT2D eigenvalue weighted by Crippen LogP contribution is -2.06. The Bertz CT molecular complexity index is 194. The molecule has 1 fully saturated rings. The third kappa shape index (κ3) is 5.79. The van der Waals surface area contributed by atoms with Gasteiger partial charge in [0.2, 0.25) is 0 Å². The van der Waals surface area contributed by atoms with Gasteiger partial charge in [-0.1, -0.05) is 44.9 Å². The Balaban J connectivity index is 2.00. The summed E-state index contributed by atoms with van der Waals surface area (Å²) in [5, 5.41) is 0. The minimum absolute atomic E-state index is 0.0692. The van der Waals surface area contributed by atoms with Crippen molar-refractivity contribution in [2.24, 2.45) is 5.92 Å². The highest BCUT2D eigenvalue weighted by molar-refractivity contribution is 7.51. The molecule has 0 aromatic carbocycles. The molecule has 0 aliphatic heterocycles. The summed E-state index contributed by atoms with van der Waals surface area (Å²) in [4.78, 5) is 17.3. The van der Waals surface area contributed by atoms with Crippen LogP contribution >= 0.6 is 7.60 Å². The molecule has 84 valence electrons. The third-order valence-electron chi connectivity index (χ3n) is 3.04. The Morgan fingerprint density at radius 1 is 1.07 bits per heavy atom. The highest BCUT2D eigenvalue weighted by atomic mass is 31.2. The maximum absolute atomic E-state index is 10.6. The lowest BCUT2D eigenvalue weighted by Gasteiger charge is -2.21. The molecule has 1 rings (SSSR count). The van der Waals surface area contributed by atoms with Crippen LogP contribution in [0.2, 0.25) is 0 Å². The van der Waals surface area contributed by atoms with Crippen LogP contribution in [0.4, 0.5) is 0 Å². The van der Waals surface area contributed by atoms with E-state index in [9.17, 15) is 4.57 Å². The van der Waals surface area contributed by atoms with Crippen LogP contribution in [0.1, 0.15) is 51.4 Å². The van der Waals surface area contributed by atoms with Crippen molar-refractivity contribution in [1.82, 2.24) is 0 Å². The zero-order valence-electron chi connectivity index (χ0n) is 8.69. The van der Waals surface area contributed by atoms with Crippen molar-refractivity contribution in [2.75, 3.05) is 6.16 Å². The van der Waals surface area contributed by atoms with Gasteiger partial charge >= 0.3 is 7.60 Å². The van der Waals surface area contributed by atoms with E-state index in [1.54, 1.807) is 0 Å². The first kappa shape index (κ1) is 12.2. The van der Waals surface area contributed by atoms with Crippen LogP contribution in [-0.4, -0.2) is 15.9 Å². The summed E-state index contributed by atoms with van der Waals surface area (Å²) in [5.74, 6) is 0.834. The number of unbranched alkanes of at least 4 members (excludes halogenated alkanes) is 1. The molecular formula is C10H21O3P. The Kier molecular flexibility index (Phi) is 5.14. The van der Waals surface area contributed by atoms with Gasteiger partial charge in [-0.3, -0.25) is 4.57 Å². The first-order chi connectivity index (χ1) is 6.58. The summed E-state index contributed by atoms with van der Waals surface area (Å²) in [6.45, 7) is 0. The highest BCUT2D eigenvalue weighted by Gasteiger charge is 2.15. The normalized spacial score (nSPS) is 19.9. The molecule has 2 N–H and O–H groups in total. The predicted molar refractivity (Wildman–Crippen MR) is 57.3 cm³/mol. The minimum atomic E-state index is -3.74. The number of rotatable bonds is 5. The molecular weight excluding hydrogens is 199 g/mol. The van der Waals surface area contributed by atoms with E-state index in [2.05, 4.69) is 0 Å². The molecule has 0 spiro atoms. The molecule has 0 bridgehead atoms. The molecule has 3 nitrogen and oxygen atoms in total. The van der Waals surface area contributed by atoms with Crippen molar-refractivity contribution in [3.63, 3.8) is 0 Å². The van der Waals surface area contributed by atoms with Gasteiger partial charge in [-0.05, 0) is 12.3 Å². The molecule has 4 heteroatoms. The molecule has 0 radical (unpaired) electrons. The van der Waals surface area contributed by atoms with Crippen LogP contribution < -0.4 is 0 Å². The highest BCUT2D eigenvalue weighted by Crippen LogP contribution is 2.36. The van der Waals surface area contributed by atoms with Gasteiger partial charge in [-0.15, -0.1) is 0 Å². The van der Waals surface area contributed by atoms with Crippen LogP contribution in [0, 0.1) is 5.92 Å². The van der Waals surface area contributed by atoms with E-state index in [1.807, 2.05) is 0 Å². The lowest BCUT2D eigenvalue weighted by atomic mass is 9.86. The van der Waals surface area contributed by atoms with Crippen molar-refractivity contribution >= 4 is 7.60 Å². The summed E-state index contributed by atoms with van der Waals surface area (Å²) in [7, 11) is -3.74. The fraction of sp³-hybridized carbons (Fsp3) is 1.00. The summed E-state index contributed by atoms with van der Waals surface area (Å²) in [5.41, 5.74) is 0. The van der Waals surface area contributed by atoms with E-state index in [0.29, 0.717) is 6.42 Å². The Hall–Kier alpha value is 0.150. The smallest absolute Gasteiger partial charge is 0.324 e. The van der Waals surface area contributed by atoms with Gasteiger partial charge in [0, 0.05) is 6.16 Å². The fourth-order valence-corrected chi connectivity index (χ4v) is 2.86. The molecule has 1 aliphatic rings. The first-order valence-electron chi connectivity index (χ1n) is 5.62.